The minimum absolute atomic E-state index is 0.107. The highest BCUT2D eigenvalue weighted by atomic mass is 32.2. The van der Waals surface area contributed by atoms with Crippen LogP contribution < -0.4 is 0 Å². The standard InChI is InChI=1S/C16H22O2S/c1-16(2,3)12-5-6-14-13(10-12)11(7-8-19-14)9-15(17)18-4/h5-6,10-11H,7-9H2,1-4H3. The number of fused-ring (bicyclic) bond motifs is 1. The van der Waals surface area contributed by atoms with E-state index in [0.29, 0.717) is 12.3 Å². The number of methoxy groups -OCH3 is 1. The molecule has 0 radical (unpaired) electrons. The van der Waals surface area contributed by atoms with Gasteiger partial charge in [-0.05, 0) is 40.7 Å². The van der Waals surface area contributed by atoms with E-state index >= 15 is 0 Å². The molecular weight excluding hydrogens is 256 g/mol. The van der Waals surface area contributed by atoms with Gasteiger partial charge >= 0.3 is 5.97 Å². The van der Waals surface area contributed by atoms with Crippen molar-refractivity contribution in [1.29, 1.82) is 0 Å². The highest BCUT2D eigenvalue weighted by Gasteiger charge is 2.25. The van der Waals surface area contributed by atoms with Gasteiger partial charge in [0.25, 0.3) is 0 Å². The van der Waals surface area contributed by atoms with Crippen LogP contribution in [0.1, 0.15) is 50.7 Å². The van der Waals surface area contributed by atoms with Crippen molar-refractivity contribution in [2.45, 2.75) is 49.8 Å². The number of benzene rings is 1. The van der Waals surface area contributed by atoms with Crippen molar-refractivity contribution in [1.82, 2.24) is 0 Å². The van der Waals surface area contributed by atoms with Crippen molar-refractivity contribution in [3.63, 3.8) is 0 Å². The van der Waals surface area contributed by atoms with Crippen LogP contribution in [0, 0.1) is 0 Å². The van der Waals surface area contributed by atoms with Crippen LogP contribution in [0.15, 0.2) is 23.1 Å². The maximum absolute atomic E-state index is 11.5. The fourth-order valence-corrected chi connectivity index (χ4v) is 3.61. The molecule has 1 aliphatic rings. The number of hydrogen-bond acceptors (Lipinski definition) is 3. The van der Waals surface area contributed by atoms with Gasteiger partial charge in [-0.2, -0.15) is 0 Å². The fraction of sp³-hybridized carbons (Fsp3) is 0.562. The van der Waals surface area contributed by atoms with Gasteiger partial charge in [0.1, 0.15) is 0 Å². The number of hydrogen-bond donors (Lipinski definition) is 0. The van der Waals surface area contributed by atoms with E-state index in [-0.39, 0.29) is 11.4 Å². The third-order valence-electron chi connectivity index (χ3n) is 3.68. The van der Waals surface area contributed by atoms with E-state index in [4.69, 9.17) is 4.74 Å². The molecular formula is C16H22O2S. The number of thioether (sulfide) groups is 1. The van der Waals surface area contributed by atoms with E-state index in [2.05, 4.69) is 39.0 Å². The molecule has 0 aliphatic carbocycles. The van der Waals surface area contributed by atoms with E-state index in [0.717, 1.165) is 12.2 Å². The number of carbonyl (C=O) groups excluding carboxylic acids is 1. The van der Waals surface area contributed by atoms with Gasteiger partial charge in [-0.1, -0.05) is 32.9 Å². The zero-order valence-electron chi connectivity index (χ0n) is 12.2. The zero-order valence-corrected chi connectivity index (χ0v) is 13.0. The van der Waals surface area contributed by atoms with Crippen LogP contribution in [0.3, 0.4) is 0 Å². The summed E-state index contributed by atoms with van der Waals surface area (Å²) in [5.74, 6) is 1.29. The van der Waals surface area contributed by atoms with Crippen LogP contribution in [0.4, 0.5) is 0 Å². The van der Waals surface area contributed by atoms with Gasteiger partial charge in [-0.3, -0.25) is 4.79 Å². The molecule has 1 atom stereocenters. The summed E-state index contributed by atoms with van der Waals surface area (Å²) < 4.78 is 4.82. The molecule has 0 saturated carbocycles. The summed E-state index contributed by atoms with van der Waals surface area (Å²) in [4.78, 5) is 12.9. The van der Waals surface area contributed by atoms with Gasteiger partial charge < -0.3 is 4.74 Å². The summed E-state index contributed by atoms with van der Waals surface area (Å²) in [6.45, 7) is 6.67. The van der Waals surface area contributed by atoms with Gasteiger partial charge in [-0.15, -0.1) is 11.8 Å². The topological polar surface area (TPSA) is 26.3 Å². The molecule has 0 amide bonds. The van der Waals surface area contributed by atoms with E-state index in [9.17, 15) is 4.79 Å². The molecule has 0 bridgehead atoms. The van der Waals surface area contributed by atoms with Crippen LogP contribution in [-0.4, -0.2) is 18.8 Å². The van der Waals surface area contributed by atoms with Gasteiger partial charge in [0, 0.05) is 4.90 Å². The monoisotopic (exact) mass is 278 g/mol. The SMILES string of the molecule is COC(=O)CC1CCSc2ccc(C(C)(C)C)cc21. The summed E-state index contributed by atoms with van der Waals surface area (Å²) in [5.41, 5.74) is 2.81. The van der Waals surface area contributed by atoms with E-state index < -0.39 is 0 Å². The van der Waals surface area contributed by atoms with Gasteiger partial charge in [0.05, 0.1) is 13.5 Å². The minimum atomic E-state index is -0.107. The van der Waals surface area contributed by atoms with Crippen LogP contribution >= 0.6 is 11.8 Å². The lowest BCUT2D eigenvalue weighted by molar-refractivity contribution is -0.141. The normalized spacial score (nSPS) is 18.8. The Labute approximate surface area is 119 Å². The molecule has 2 rings (SSSR count). The predicted molar refractivity (Wildman–Crippen MR) is 79.9 cm³/mol. The highest BCUT2D eigenvalue weighted by Crippen LogP contribution is 2.41. The molecule has 1 aliphatic heterocycles. The van der Waals surface area contributed by atoms with Gasteiger partial charge in [0.15, 0.2) is 0 Å². The predicted octanol–water partition coefficient (Wildman–Crippen LogP) is 4.13. The van der Waals surface area contributed by atoms with Crippen molar-refractivity contribution < 1.29 is 9.53 Å². The first kappa shape index (κ1) is 14.4. The Balaban J connectivity index is 2.33. The summed E-state index contributed by atoms with van der Waals surface area (Å²) >= 11 is 1.89. The molecule has 1 aromatic rings. The van der Waals surface area contributed by atoms with Gasteiger partial charge in [-0.25, -0.2) is 0 Å². The average molecular weight is 278 g/mol. The molecule has 0 saturated heterocycles. The Morgan fingerprint density at radius 2 is 2.16 bits per heavy atom. The first-order valence-electron chi connectivity index (χ1n) is 6.76. The summed E-state index contributed by atoms with van der Waals surface area (Å²) in [7, 11) is 1.46. The third-order valence-corrected chi connectivity index (χ3v) is 4.80. The second kappa shape index (κ2) is 5.58. The lowest BCUT2D eigenvalue weighted by Crippen LogP contribution is -2.16. The molecule has 0 spiro atoms. The lowest BCUT2D eigenvalue weighted by atomic mass is 9.83. The molecule has 19 heavy (non-hydrogen) atoms. The first-order valence-corrected chi connectivity index (χ1v) is 7.74. The Hall–Kier alpha value is -0.960. The summed E-state index contributed by atoms with van der Waals surface area (Å²) in [6, 6.07) is 6.71. The average Bonchev–Trinajstić information content (AvgIpc) is 2.37. The van der Waals surface area contributed by atoms with Crippen LogP contribution in [-0.2, 0) is 14.9 Å². The van der Waals surface area contributed by atoms with Crippen molar-refractivity contribution in [3.8, 4) is 0 Å². The van der Waals surface area contributed by atoms with Crippen LogP contribution in [0.5, 0.6) is 0 Å². The largest absolute Gasteiger partial charge is 0.469 e. The van der Waals surface area contributed by atoms with Crippen LogP contribution in [0.25, 0.3) is 0 Å². The molecule has 1 heterocycles. The zero-order chi connectivity index (χ0) is 14.0. The molecule has 104 valence electrons. The quantitative estimate of drug-likeness (QED) is 0.761. The smallest absolute Gasteiger partial charge is 0.306 e. The molecule has 0 aromatic heterocycles. The maximum Gasteiger partial charge on any atom is 0.306 e. The highest BCUT2D eigenvalue weighted by molar-refractivity contribution is 7.99. The molecule has 2 nitrogen and oxygen atoms in total. The van der Waals surface area contributed by atoms with E-state index in [1.807, 2.05) is 11.8 Å². The molecule has 1 aromatic carbocycles. The third kappa shape index (κ3) is 3.33. The summed E-state index contributed by atoms with van der Waals surface area (Å²) in [6.07, 6.45) is 1.55. The van der Waals surface area contributed by atoms with Crippen molar-refractivity contribution in [2.75, 3.05) is 12.9 Å². The Bertz CT molecular complexity index is 474. The molecule has 3 heteroatoms. The lowest BCUT2D eigenvalue weighted by Gasteiger charge is -2.27. The number of rotatable bonds is 2. The fourth-order valence-electron chi connectivity index (χ4n) is 2.43. The number of esters is 1. The Morgan fingerprint density at radius 1 is 1.42 bits per heavy atom. The minimum Gasteiger partial charge on any atom is -0.469 e. The Kier molecular flexibility index (Phi) is 4.24. The summed E-state index contributed by atoms with van der Waals surface area (Å²) in [5, 5.41) is 0. The number of ether oxygens (including phenoxy) is 1. The van der Waals surface area contributed by atoms with Crippen molar-refractivity contribution in [3.05, 3.63) is 29.3 Å². The number of carbonyl (C=O) groups is 1. The van der Waals surface area contributed by atoms with Crippen molar-refractivity contribution >= 4 is 17.7 Å². The second-order valence-electron chi connectivity index (χ2n) is 6.12. The molecule has 0 fully saturated rings. The maximum atomic E-state index is 11.5. The van der Waals surface area contributed by atoms with Crippen molar-refractivity contribution in [2.24, 2.45) is 0 Å². The first-order chi connectivity index (χ1) is 8.91. The van der Waals surface area contributed by atoms with Gasteiger partial charge in [0.2, 0.25) is 0 Å². The molecule has 1 unspecified atom stereocenters. The second-order valence-corrected chi connectivity index (χ2v) is 7.25. The van der Waals surface area contributed by atoms with E-state index in [1.165, 1.54) is 23.1 Å². The molecule has 0 N–H and O–H groups in total. The van der Waals surface area contributed by atoms with Crippen LogP contribution in [0.2, 0.25) is 0 Å². The Morgan fingerprint density at radius 3 is 2.79 bits per heavy atom. The van der Waals surface area contributed by atoms with E-state index in [1.54, 1.807) is 0 Å².